The van der Waals surface area contributed by atoms with Crippen LogP contribution in [-0.2, 0) is 17.1 Å². The minimum Gasteiger partial charge on any atom is -0.371 e. The van der Waals surface area contributed by atoms with Gasteiger partial charge in [0.25, 0.3) is 5.91 Å². The largest absolute Gasteiger partial charge is 0.371 e. The second-order valence-electron chi connectivity index (χ2n) is 7.87. The molecule has 5 nitrogen and oxygen atoms in total. The fraction of sp³-hybridized carbons (Fsp3) is 0.200. The van der Waals surface area contributed by atoms with E-state index >= 15 is 0 Å². The first-order chi connectivity index (χ1) is 15.9. The van der Waals surface area contributed by atoms with Gasteiger partial charge in [-0.3, -0.25) is 9.59 Å². The summed E-state index contributed by atoms with van der Waals surface area (Å²) in [6, 6.07) is 17.1. The van der Waals surface area contributed by atoms with Crippen LogP contribution in [0.4, 0.5) is 15.8 Å². The SMILES string of the molecule is Cc1ccc(CNC(=O)c2ccc3c(c2)NC(=O)C(CSCc2ccc(F)cc2Cl)N3)cc1. The van der Waals surface area contributed by atoms with Crippen LogP contribution in [0.2, 0.25) is 5.02 Å². The Kier molecular flexibility index (Phi) is 7.20. The summed E-state index contributed by atoms with van der Waals surface area (Å²) in [6.45, 7) is 2.44. The molecule has 0 saturated heterocycles. The molecular weight excluding hydrogens is 461 g/mol. The number of thioether (sulfide) groups is 1. The molecule has 3 N–H and O–H groups in total. The van der Waals surface area contributed by atoms with E-state index in [-0.39, 0.29) is 17.6 Å². The van der Waals surface area contributed by atoms with Gasteiger partial charge in [-0.05, 0) is 48.4 Å². The van der Waals surface area contributed by atoms with Crippen molar-refractivity contribution in [1.82, 2.24) is 5.32 Å². The van der Waals surface area contributed by atoms with Crippen LogP contribution in [0.5, 0.6) is 0 Å². The Morgan fingerprint density at radius 3 is 2.64 bits per heavy atom. The minimum atomic E-state index is -0.428. The van der Waals surface area contributed by atoms with E-state index in [4.69, 9.17) is 11.6 Å². The average molecular weight is 484 g/mol. The Balaban J connectivity index is 1.33. The molecule has 0 fully saturated rings. The van der Waals surface area contributed by atoms with Crippen molar-refractivity contribution >= 4 is 46.6 Å². The third-order valence-corrected chi connectivity index (χ3v) is 6.75. The molecule has 0 spiro atoms. The number of hydrogen-bond donors (Lipinski definition) is 3. The van der Waals surface area contributed by atoms with Gasteiger partial charge in [0.05, 0.1) is 11.4 Å². The fourth-order valence-corrected chi connectivity index (χ4v) is 4.79. The van der Waals surface area contributed by atoms with Gasteiger partial charge >= 0.3 is 0 Å². The van der Waals surface area contributed by atoms with Crippen molar-refractivity contribution in [1.29, 1.82) is 0 Å². The maximum absolute atomic E-state index is 13.2. The Bertz CT molecular complexity index is 1190. The van der Waals surface area contributed by atoms with E-state index in [9.17, 15) is 14.0 Å². The summed E-state index contributed by atoms with van der Waals surface area (Å²) in [4.78, 5) is 25.1. The standard InChI is InChI=1S/C25H23ClFN3O2S/c1-15-2-4-16(5-3-15)12-28-24(31)17-7-9-21-22(10-17)30-25(32)23(29-21)14-33-13-18-6-8-19(27)11-20(18)26/h2-11,23,29H,12-14H2,1H3,(H,28,31)(H,30,32). The summed E-state index contributed by atoms with van der Waals surface area (Å²) in [5, 5.41) is 9.39. The Morgan fingerprint density at radius 1 is 1.09 bits per heavy atom. The first kappa shape index (κ1) is 23.1. The van der Waals surface area contributed by atoms with Crippen LogP contribution in [0.3, 0.4) is 0 Å². The first-order valence-corrected chi connectivity index (χ1v) is 12.0. The van der Waals surface area contributed by atoms with Gasteiger partial charge in [-0.1, -0.05) is 47.5 Å². The van der Waals surface area contributed by atoms with Crippen molar-refractivity contribution in [2.45, 2.75) is 25.3 Å². The molecule has 4 rings (SSSR count). The zero-order chi connectivity index (χ0) is 23.4. The Morgan fingerprint density at radius 2 is 1.88 bits per heavy atom. The molecule has 33 heavy (non-hydrogen) atoms. The normalized spacial score (nSPS) is 14.8. The van der Waals surface area contributed by atoms with Crippen molar-refractivity contribution < 1.29 is 14.0 Å². The van der Waals surface area contributed by atoms with Crippen LogP contribution in [0.25, 0.3) is 0 Å². The number of fused-ring (bicyclic) bond motifs is 1. The van der Waals surface area contributed by atoms with E-state index in [1.807, 2.05) is 31.2 Å². The smallest absolute Gasteiger partial charge is 0.251 e. The molecule has 0 bridgehead atoms. The second kappa shape index (κ2) is 10.3. The lowest BCUT2D eigenvalue weighted by Gasteiger charge is -2.27. The van der Waals surface area contributed by atoms with E-state index < -0.39 is 6.04 Å². The van der Waals surface area contributed by atoms with Crippen LogP contribution < -0.4 is 16.0 Å². The highest BCUT2D eigenvalue weighted by Gasteiger charge is 2.26. The van der Waals surface area contributed by atoms with E-state index in [1.165, 1.54) is 29.5 Å². The van der Waals surface area contributed by atoms with E-state index in [1.54, 1.807) is 24.3 Å². The highest BCUT2D eigenvalue weighted by Crippen LogP contribution is 2.30. The third-order valence-electron chi connectivity index (χ3n) is 5.32. The molecule has 0 aromatic heterocycles. The fourth-order valence-electron chi connectivity index (χ4n) is 3.42. The lowest BCUT2D eigenvalue weighted by atomic mass is 10.1. The predicted molar refractivity (Wildman–Crippen MR) is 132 cm³/mol. The van der Waals surface area contributed by atoms with Crippen molar-refractivity contribution in [3.05, 3.63) is 93.8 Å². The molecule has 1 aliphatic heterocycles. The lowest BCUT2D eigenvalue weighted by molar-refractivity contribution is -0.116. The van der Waals surface area contributed by atoms with Crippen LogP contribution in [0.15, 0.2) is 60.7 Å². The van der Waals surface area contributed by atoms with E-state index in [0.29, 0.717) is 34.3 Å². The van der Waals surface area contributed by atoms with Gasteiger partial charge < -0.3 is 16.0 Å². The van der Waals surface area contributed by atoms with Crippen molar-refractivity contribution in [2.75, 3.05) is 16.4 Å². The number of benzene rings is 3. The van der Waals surface area contributed by atoms with Gasteiger partial charge in [0.2, 0.25) is 5.91 Å². The van der Waals surface area contributed by atoms with Crippen LogP contribution in [0.1, 0.15) is 27.0 Å². The molecule has 0 aliphatic carbocycles. The van der Waals surface area contributed by atoms with E-state index in [0.717, 1.165) is 16.8 Å². The quantitative estimate of drug-likeness (QED) is 0.422. The molecule has 1 atom stereocenters. The molecule has 1 unspecified atom stereocenters. The summed E-state index contributed by atoms with van der Waals surface area (Å²) in [5.41, 5.74) is 4.81. The number of anilines is 2. The molecule has 0 saturated carbocycles. The van der Waals surface area contributed by atoms with Gasteiger partial charge in [-0.25, -0.2) is 4.39 Å². The minimum absolute atomic E-state index is 0.169. The first-order valence-electron chi connectivity index (χ1n) is 10.5. The molecule has 3 aromatic rings. The number of hydrogen-bond acceptors (Lipinski definition) is 4. The molecule has 1 aliphatic rings. The van der Waals surface area contributed by atoms with Crippen molar-refractivity contribution in [3.8, 4) is 0 Å². The Hall–Kier alpha value is -3.03. The summed E-state index contributed by atoms with van der Waals surface area (Å²) < 4.78 is 13.2. The summed E-state index contributed by atoms with van der Waals surface area (Å²) in [6.07, 6.45) is 0. The van der Waals surface area contributed by atoms with Gasteiger partial charge in [0, 0.05) is 28.6 Å². The number of nitrogens with one attached hydrogen (secondary N) is 3. The highest BCUT2D eigenvalue weighted by atomic mass is 35.5. The van der Waals surface area contributed by atoms with Crippen LogP contribution >= 0.6 is 23.4 Å². The van der Waals surface area contributed by atoms with Gasteiger partial charge in [-0.2, -0.15) is 11.8 Å². The van der Waals surface area contributed by atoms with Gasteiger partial charge in [-0.15, -0.1) is 0 Å². The van der Waals surface area contributed by atoms with Gasteiger partial charge in [0.1, 0.15) is 11.9 Å². The van der Waals surface area contributed by atoms with Crippen molar-refractivity contribution in [3.63, 3.8) is 0 Å². The number of carbonyl (C=O) groups is 2. The maximum atomic E-state index is 13.2. The number of aryl methyl sites for hydroxylation is 1. The molecule has 0 radical (unpaired) electrons. The summed E-state index contributed by atoms with van der Waals surface area (Å²) in [7, 11) is 0. The molecular formula is C25H23ClFN3O2S. The zero-order valence-corrected chi connectivity index (χ0v) is 19.5. The average Bonchev–Trinajstić information content (AvgIpc) is 2.80. The molecule has 2 amide bonds. The summed E-state index contributed by atoms with van der Waals surface area (Å²) in [5.74, 6) is 0.329. The number of carbonyl (C=O) groups excluding carboxylic acids is 2. The summed E-state index contributed by atoms with van der Waals surface area (Å²) >= 11 is 7.60. The topological polar surface area (TPSA) is 70.2 Å². The molecule has 3 aromatic carbocycles. The number of rotatable bonds is 7. The Labute approximate surface area is 201 Å². The van der Waals surface area contributed by atoms with Crippen LogP contribution in [-0.4, -0.2) is 23.6 Å². The molecule has 8 heteroatoms. The maximum Gasteiger partial charge on any atom is 0.251 e. The number of amides is 2. The zero-order valence-electron chi connectivity index (χ0n) is 18.0. The second-order valence-corrected chi connectivity index (χ2v) is 9.30. The monoisotopic (exact) mass is 483 g/mol. The lowest BCUT2D eigenvalue weighted by Crippen LogP contribution is -2.40. The number of halogens is 2. The van der Waals surface area contributed by atoms with Crippen molar-refractivity contribution in [2.24, 2.45) is 0 Å². The third kappa shape index (κ3) is 5.86. The van der Waals surface area contributed by atoms with E-state index in [2.05, 4.69) is 16.0 Å². The highest BCUT2D eigenvalue weighted by molar-refractivity contribution is 7.98. The molecule has 170 valence electrons. The van der Waals surface area contributed by atoms with Crippen LogP contribution in [0, 0.1) is 12.7 Å². The molecule has 1 heterocycles. The van der Waals surface area contributed by atoms with Gasteiger partial charge in [0.15, 0.2) is 0 Å². The predicted octanol–water partition coefficient (Wildman–Crippen LogP) is 5.38.